The van der Waals surface area contributed by atoms with Crippen molar-refractivity contribution in [3.8, 4) is 22.8 Å². The molecule has 0 radical (unpaired) electrons. The van der Waals surface area contributed by atoms with Crippen LogP contribution in [0, 0.1) is 0 Å². The van der Waals surface area contributed by atoms with Crippen LogP contribution in [0.5, 0.6) is 5.75 Å². The highest BCUT2D eigenvalue weighted by molar-refractivity contribution is 5.99. The zero-order valence-electron chi connectivity index (χ0n) is 19.9. The van der Waals surface area contributed by atoms with E-state index in [1.807, 2.05) is 0 Å². The number of carbonyl (C=O) groups excluding carboxylic acids is 1. The molecule has 4 aromatic rings. The van der Waals surface area contributed by atoms with Crippen molar-refractivity contribution in [1.29, 1.82) is 0 Å². The molecule has 38 heavy (non-hydrogen) atoms. The molecule has 0 unspecified atom stereocenters. The molecule has 0 fully saturated rings. The van der Waals surface area contributed by atoms with Gasteiger partial charge >= 0.3 is 12.4 Å². The number of rotatable bonds is 8. The second kappa shape index (κ2) is 11.2. The van der Waals surface area contributed by atoms with E-state index in [0.717, 1.165) is 0 Å². The third-order valence-corrected chi connectivity index (χ3v) is 4.91. The van der Waals surface area contributed by atoms with Crippen LogP contribution in [0.4, 0.5) is 29.6 Å². The van der Waals surface area contributed by atoms with E-state index in [0.29, 0.717) is 28.5 Å². The molecular weight excluding hydrogens is 501 g/mol. The topological polar surface area (TPSA) is 111 Å². The molecule has 2 N–H and O–H groups in total. The maximum Gasteiger partial charge on any atom is 0.573 e. The lowest BCUT2D eigenvalue weighted by atomic mass is 10.2. The molecule has 13 heteroatoms. The van der Waals surface area contributed by atoms with Crippen LogP contribution in [0.3, 0.4) is 0 Å². The van der Waals surface area contributed by atoms with Crippen molar-refractivity contribution in [3.05, 3.63) is 86.1 Å². The molecule has 4 rings (SSSR count). The van der Waals surface area contributed by atoms with Crippen LogP contribution >= 0.6 is 0 Å². The number of carbonyl (C=O) groups is 1. The minimum Gasteiger partial charge on any atom is -0.406 e. The van der Waals surface area contributed by atoms with Gasteiger partial charge in [-0.15, -0.1) is 18.3 Å². The van der Waals surface area contributed by atoms with E-state index in [2.05, 4.69) is 42.0 Å². The Balaban J connectivity index is 1.37. The number of nitrogens with zero attached hydrogens (tertiary/aromatic N) is 6. The number of benzene rings is 2. The number of imidazole rings is 1. The second-order valence-electron chi connectivity index (χ2n) is 7.55. The van der Waals surface area contributed by atoms with Gasteiger partial charge in [0.05, 0.1) is 5.69 Å². The van der Waals surface area contributed by atoms with E-state index in [1.165, 1.54) is 41.5 Å². The van der Waals surface area contributed by atoms with Crippen LogP contribution in [0.15, 0.2) is 91.1 Å². The highest BCUT2D eigenvalue weighted by Crippen LogP contribution is 2.24. The number of amides is 2. The Labute approximate surface area is 214 Å². The van der Waals surface area contributed by atoms with E-state index in [1.54, 1.807) is 60.4 Å². The van der Waals surface area contributed by atoms with Crippen LogP contribution in [0.25, 0.3) is 22.8 Å². The number of nitrogens with one attached hydrogen (secondary N) is 2. The van der Waals surface area contributed by atoms with E-state index in [4.69, 9.17) is 0 Å². The molecule has 0 saturated carbocycles. The monoisotopic (exact) mass is 522 g/mol. The van der Waals surface area contributed by atoms with Gasteiger partial charge in [-0.3, -0.25) is 14.9 Å². The number of aromatic nitrogens is 5. The van der Waals surface area contributed by atoms with Crippen LogP contribution < -0.4 is 15.4 Å². The third-order valence-electron chi connectivity index (χ3n) is 4.91. The Morgan fingerprint density at radius 3 is 2.50 bits per heavy atom. The first kappa shape index (κ1) is 25.9. The molecule has 2 amide bonds. The number of anilines is 2. The predicted molar refractivity (Wildman–Crippen MR) is 137 cm³/mol. The van der Waals surface area contributed by atoms with Gasteiger partial charge < -0.3 is 10.1 Å². The smallest absolute Gasteiger partial charge is 0.406 e. The molecule has 0 bridgehead atoms. The summed E-state index contributed by atoms with van der Waals surface area (Å²) in [6.45, 7) is 5.72. The molecule has 2 aromatic heterocycles. The van der Waals surface area contributed by atoms with Gasteiger partial charge in [0, 0.05) is 41.8 Å². The van der Waals surface area contributed by atoms with Gasteiger partial charge in [-0.25, -0.2) is 19.4 Å². The average molecular weight is 522 g/mol. The summed E-state index contributed by atoms with van der Waals surface area (Å²) >= 11 is 0. The highest BCUT2D eigenvalue weighted by atomic mass is 19.4. The fourth-order valence-electron chi connectivity index (χ4n) is 3.21. The second-order valence-corrected chi connectivity index (χ2v) is 7.55. The number of allylic oxidation sites excluding steroid dienone is 2. The third kappa shape index (κ3) is 6.72. The van der Waals surface area contributed by atoms with Gasteiger partial charge in [-0.2, -0.15) is 0 Å². The molecule has 2 heterocycles. The van der Waals surface area contributed by atoms with Crippen LogP contribution in [0.1, 0.15) is 6.92 Å². The maximum absolute atomic E-state index is 12.5. The van der Waals surface area contributed by atoms with Gasteiger partial charge in [0.15, 0.2) is 5.82 Å². The minimum absolute atomic E-state index is 0.280. The Morgan fingerprint density at radius 1 is 1.08 bits per heavy atom. The summed E-state index contributed by atoms with van der Waals surface area (Å²) in [6.07, 6.45) is 4.75. The summed E-state index contributed by atoms with van der Waals surface area (Å²) in [7, 11) is 0. The summed E-state index contributed by atoms with van der Waals surface area (Å²) in [5.74, 6) is 0.334. The van der Waals surface area contributed by atoms with Gasteiger partial charge in [0.2, 0.25) is 5.95 Å². The fourth-order valence-corrected chi connectivity index (χ4v) is 3.21. The summed E-state index contributed by atoms with van der Waals surface area (Å²) in [6, 6.07) is 11.5. The quantitative estimate of drug-likeness (QED) is 0.226. The normalized spacial score (nSPS) is 11.7. The number of hydrogen-bond donors (Lipinski definition) is 2. The Hall–Kier alpha value is -5.20. The predicted octanol–water partition coefficient (Wildman–Crippen LogP) is 5.75. The van der Waals surface area contributed by atoms with E-state index in [-0.39, 0.29) is 11.7 Å². The van der Waals surface area contributed by atoms with Crippen molar-refractivity contribution in [1.82, 2.24) is 24.3 Å². The first-order valence-electron chi connectivity index (χ1n) is 11.0. The van der Waals surface area contributed by atoms with Crippen molar-refractivity contribution in [2.24, 2.45) is 4.99 Å². The average Bonchev–Trinajstić information content (AvgIpc) is 3.54. The number of aliphatic imine (C=N–C) groups is 1. The molecule has 0 aliphatic rings. The number of halogens is 3. The van der Waals surface area contributed by atoms with E-state index >= 15 is 0 Å². The standard InChI is InChI=1S/C25H21F3N8O2/c1-3-29-13-12-17(2)35-15-14-30-23(35)33-24(37)32-19-6-4-18(5-7-19)22-31-16-36(34-22)20-8-10-21(11-9-20)38-25(26,27)28/h3-16H,2H2,1H3,(H2,30,32,33,37)/b13-12-,29-3-. The number of hydrogen-bond acceptors (Lipinski definition) is 6. The number of ether oxygens (including phenoxy) is 1. The molecule has 0 spiro atoms. The van der Waals surface area contributed by atoms with Gasteiger partial charge in [-0.1, -0.05) is 6.58 Å². The maximum atomic E-state index is 12.5. The fraction of sp³-hybridized carbons (Fsp3) is 0.0800. The van der Waals surface area contributed by atoms with Crippen molar-refractivity contribution < 1.29 is 22.7 Å². The molecular formula is C25H21F3N8O2. The summed E-state index contributed by atoms with van der Waals surface area (Å²) in [5.41, 5.74) is 2.24. The van der Waals surface area contributed by atoms with Crippen molar-refractivity contribution in [2.45, 2.75) is 13.3 Å². The molecule has 0 aliphatic carbocycles. The molecule has 10 nitrogen and oxygen atoms in total. The molecule has 0 atom stereocenters. The zero-order chi connectivity index (χ0) is 27.1. The van der Waals surface area contributed by atoms with E-state index in [9.17, 15) is 18.0 Å². The first-order chi connectivity index (χ1) is 18.2. The molecule has 2 aromatic carbocycles. The van der Waals surface area contributed by atoms with Gasteiger partial charge in [0.25, 0.3) is 0 Å². The SMILES string of the molecule is C=C(/C=C\N=C/C)n1ccnc1NC(=O)Nc1ccc(-c2ncn(-c3ccc(OC(F)(F)F)cc3)n2)cc1. The van der Waals surface area contributed by atoms with E-state index < -0.39 is 12.4 Å². The van der Waals surface area contributed by atoms with Crippen molar-refractivity contribution in [3.63, 3.8) is 0 Å². The Morgan fingerprint density at radius 2 is 1.82 bits per heavy atom. The highest BCUT2D eigenvalue weighted by Gasteiger charge is 2.31. The molecule has 194 valence electrons. The minimum atomic E-state index is -4.76. The van der Waals surface area contributed by atoms with Crippen LogP contribution in [-0.2, 0) is 0 Å². The van der Waals surface area contributed by atoms with Crippen molar-refractivity contribution >= 4 is 29.6 Å². The lowest BCUT2D eigenvalue weighted by Crippen LogP contribution is -2.21. The van der Waals surface area contributed by atoms with Gasteiger partial charge in [-0.05, 0) is 61.5 Å². The Bertz CT molecular complexity index is 1470. The number of urea groups is 1. The molecule has 0 aliphatic heterocycles. The lowest BCUT2D eigenvalue weighted by Gasteiger charge is -2.10. The lowest BCUT2D eigenvalue weighted by molar-refractivity contribution is -0.274. The number of alkyl halides is 3. The largest absolute Gasteiger partial charge is 0.573 e. The zero-order valence-corrected chi connectivity index (χ0v) is 19.9. The Kier molecular flexibility index (Phi) is 7.66. The van der Waals surface area contributed by atoms with Crippen LogP contribution in [0.2, 0.25) is 0 Å². The summed E-state index contributed by atoms with van der Waals surface area (Å²) in [4.78, 5) is 24.8. The molecule has 0 saturated heterocycles. The van der Waals surface area contributed by atoms with Crippen molar-refractivity contribution in [2.75, 3.05) is 10.6 Å². The first-order valence-corrected chi connectivity index (χ1v) is 11.0. The summed E-state index contributed by atoms with van der Waals surface area (Å²) < 4.78 is 43.9. The van der Waals surface area contributed by atoms with Crippen LogP contribution in [-0.4, -0.2) is 42.9 Å². The van der Waals surface area contributed by atoms with Gasteiger partial charge in [0.1, 0.15) is 12.1 Å². The summed E-state index contributed by atoms with van der Waals surface area (Å²) in [5, 5.41) is 9.74.